The van der Waals surface area contributed by atoms with Crippen molar-refractivity contribution in [3.05, 3.63) is 101 Å². The molecule has 15 heteroatoms. The fraction of sp³-hybridized carbons (Fsp3) is 0.233. The molecule has 3 N–H and O–H groups in total. The largest absolute Gasteiger partial charge is 0.417 e. The summed E-state index contributed by atoms with van der Waals surface area (Å²) in [5.41, 5.74) is -0.938. The molecule has 0 atom stereocenters. The Morgan fingerprint density at radius 2 is 1.56 bits per heavy atom. The number of urea groups is 1. The molecule has 9 nitrogen and oxygen atoms in total. The Kier molecular flexibility index (Phi) is 8.88. The maximum Gasteiger partial charge on any atom is 0.417 e. The number of rotatable bonds is 7. The first-order valence-electron chi connectivity index (χ1n) is 13.7. The van der Waals surface area contributed by atoms with Crippen molar-refractivity contribution in [2.24, 2.45) is 0 Å². The molecule has 0 unspecified atom stereocenters. The Hall–Kier alpha value is -5.21. The van der Waals surface area contributed by atoms with Gasteiger partial charge in [0.2, 0.25) is 0 Å². The lowest BCUT2D eigenvalue weighted by Crippen LogP contribution is -2.34. The molecule has 5 rings (SSSR count). The molecule has 0 aliphatic heterocycles. The average Bonchev–Trinajstić information content (AvgIpc) is 3.53. The molecular formula is C30H25F6N7O2. The molecule has 0 saturated heterocycles. The molecule has 1 aliphatic rings. The first kappa shape index (κ1) is 31.2. The number of aromatic nitrogens is 4. The lowest BCUT2D eigenvalue weighted by molar-refractivity contribution is -0.162. The van der Waals surface area contributed by atoms with Crippen LogP contribution in [-0.2, 0) is 18.9 Å². The van der Waals surface area contributed by atoms with Gasteiger partial charge >= 0.3 is 18.4 Å². The van der Waals surface area contributed by atoms with Crippen LogP contribution in [0.5, 0.6) is 0 Å². The minimum absolute atomic E-state index is 0.0312. The van der Waals surface area contributed by atoms with Crippen LogP contribution in [0.2, 0.25) is 0 Å². The van der Waals surface area contributed by atoms with E-state index in [-0.39, 0.29) is 30.2 Å². The van der Waals surface area contributed by atoms with E-state index in [0.717, 1.165) is 37.3 Å². The number of amides is 3. The number of nitrogens with one attached hydrogen (secondary N) is 3. The third-order valence-electron chi connectivity index (χ3n) is 7.10. The second kappa shape index (κ2) is 12.8. The van der Waals surface area contributed by atoms with Gasteiger partial charge in [-0.3, -0.25) is 15.0 Å². The monoisotopic (exact) mass is 629 g/mol. The predicted octanol–water partition coefficient (Wildman–Crippen LogP) is 7.69. The van der Waals surface area contributed by atoms with E-state index in [1.807, 2.05) is 12.1 Å². The number of benzene rings is 3. The minimum Gasteiger partial charge on any atom is -0.308 e. The maximum absolute atomic E-state index is 13.5. The second-order valence-electron chi connectivity index (χ2n) is 10.2. The zero-order valence-corrected chi connectivity index (χ0v) is 23.3. The van der Waals surface area contributed by atoms with Crippen LogP contribution in [-0.4, -0.2) is 32.6 Å². The van der Waals surface area contributed by atoms with Gasteiger partial charge in [-0.25, -0.2) is 4.79 Å². The first-order valence-corrected chi connectivity index (χ1v) is 13.7. The lowest BCUT2D eigenvalue weighted by atomic mass is 9.93. The van der Waals surface area contributed by atoms with Gasteiger partial charge in [-0.05, 0) is 90.1 Å². The Morgan fingerprint density at radius 1 is 0.844 bits per heavy atom. The highest BCUT2D eigenvalue weighted by Crippen LogP contribution is 2.41. The fourth-order valence-corrected chi connectivity index (χ4v) is 4.86. The van der Waals surface area contributed by atoms with Gasteiger partial charge < -0.3 is 5.32 Å². The molecule has 1 heterocycles. The third kappa shape index (κ3) is 7.66. The number of alkyl halides is 6. The number of carbonyl (C=O) groups is 2. The SMILES string of the molecule is O=C(Nc1nn[nH]n1)c1ccc(CN(C(=O)Nc2ccc(C(F)(F)F)c(C(F)(F)F)c2)c2ccc(C3=CCCCC3)cc2)cc1. The zero-order chi connectivity index (χ0) is 32.2. The molecule has 45 heavy (non-hydrogen) atoms. The van der Waals surface area contributed by atoms with Crippen LogP contribution in [0.15, 0.2) is 72.8 Å². The van der Waals surface area contributed by atoms with Gasteiger partial charge in [-0.1, -0.05) is 35.4 Å². The number of tetrazole rings is 1. The normalized spacial score (nSPS) is 13.6. The quantitative estimate of drug-likeness (QED) is 0.181. The zero-order valence-electron chi connectivity index (χ0n) is 23.3. The fourth-order valence-electron chi connectivity index (χ4n) is 4.86. The highest BCUT2D eigenvalue weighted by atomic mass is 19.4. The van der Waals surface area contributed by atoms with Crippen LogP contribution < -0.4 is 15.5 Å². The van der Waals surface area contributed by atoms with Crippen molar-refractivity contribution in [1.82, 2.24) is 20.6 Å². The van der Waals surface area contributed by atoms with Gasteiger partial charge in [0.1, 0.15) is 0 Å². The van der Waals surface area contributed by atoms with E-state index in [1.165, 1.54) is 22.6 Å². The lowest BCUT2D eigenvalue weighted by Gasteiger charge is -2.25. The van der Waals surface area contributed by atoms with Gasteiger partial charge in [0.25, 0.3) is 11.9 Å². The van der Waals surface area contributed by atoms with Crippen LogP contribution >= 0.6 is 0 Å². The molecule has 0 spiro atoms. The van der Waals surface area contributed by atoms with Crippen molar-refractivity contribution in [2.75, 3.05) is 15.5 Å². The number of aromatic amines is 1. The summed E-state index contributed by atoms with van der Waals surface area (Å²) in [5, 5.41) is 17.6. The van der Waals surface area contributed by atoms with E-state index in [4.69, 9.17) is 0 Å². The van der Waals surface area contributed by atoms with E-state index in [9.17, 15) is 35.9 Å². The van der Waals surface area contributed by atoms with E-state index >= 15 is 0 Å². The highest BCUT2D eigenvalue weighted by molar-refractivity contribution is 6.03. The second-order valence-corrected chi connectivity index (χ2v) is 10.2. The van der Waals surface area contributed by atoms with Crippen molar-refractivity contribution >= 4 is 34.8 Å². The molecule has 1 aromatic heterocycles. The maximum atomic E-state index is 13.5. The summed E-state index contributed by atoms with van der Waals surface area (Å²) in [5.74, 6) is -0.552. The van der Waals surface area contributed by atoms with Crippen LogP contribution in [0, 0.1) is 0 Å². The third-order valence-corrected chi connectivity index (χ3v) is 7.10. The minimum atomic E-state index is -5.31. The smallest absolute Gasteiger partial charge is 0.308 e. The molecular weight excluding hydrogens is 604 g/mol. The summed E-state index contributed by atoms with van der Waals surface area (Å²) in [6, 6.07) is 13.6. The Balaban J connectivity index is 1.42. The molecule has 0 radical (unpaired) electrons. The number of carbonyl (C=O) groups excluding carboxylic acids is 2. The highest BCUT2D eigenvalue weighted by Gasteiger charge is 2.43. The molecule has 3 aromatic carbocycles. The molecule has 0 saturated carbocycles. The van der Waals surface area contributed by atoms with Crippen molar-refractivity contribution in [3.8, 4) is 0 Å². The van der Waals surface area contributed by atoms with Crippen LogP contribution in [0.4, 0.5) is 48.5 Å². The van der Waals surface area contributed by atoms with E-state index < -0.39 is 41.1 Å². The number of hydrogen-bond acceptors (Lipinski definition) is 5. The van der Waals surface area contributed by atoms with Gasteiger partial charge in [-0.2, -0.15) is 31.6 Å². The van der Waals surface area contributed by atoms with E-state index in [0.29, 0.717) is 11.3 Å². The average molecular weight is 630 g/mol. The van der Waals surface area contributed by atoms with Gasteiger partial charge in [0.15, 0.2) is 0 Å². The molecule has 4 aromatic rings. The first-order chi connectivity index (χ1) is 21.4. The number of anilines is 3. The van der Waals surface area contributed by atoms with Crippen LogP contribution in [0.1, 0.15) is 58.3 Å². The molecule has 0 bridgehead atoms. The number of nitrogens with zero attached hydrogens (tertiary/aromatic N) is 4. The topological polar surface area (TPSA) is 116 Å². The van der Waals surface area contributed by atoms with Crippen molar-refractivity contribution in [2.45, 2.75) is 44.6 Å². The molecule has 1 aliphatic carbocycles. The summed E-state index contributed by atoms with van der Waals surface area (Å²) in [6.45, 7) is -0.0899. The molecule has 234 valence electrons. The Bertz CT molecular complexity index is 1680. The van der Waals surface area contributed by atoms with Gasteiger partial charge in [-0.15, -0.1) is 5.10 Å². The number of hydrogen-bond donors (Lipinski definition) is 3. The standard InChI is InChI=1S/C30H25F6N7O2/c31-29(32,33)24-15-12-22(16-25(24)30(34,35)36)37-28(45)43(23-13-10-20(11-14-23)19-4-2-1-3-5-19)17-18-6-8-21(9-7-18)26(44)38-27-39-41-42-40-27/h4,6-16H,1-3,5,17H2,(H,37,45)(H2,38,39,40,41,42,44). The summed E-state index contributed by atoms with van der Waals surface area (Å²) < 4.78 is 80.4. The van der Waals surface area contributed by atoms with Crippen molar-refractivity contribution in [1.29, 1.82) is 0 Å². The predicted molar refractivity (Wildman–Crippen MR) is 153 cm³/mol. The summed E-state index contributed by atoms with van der Waals surface area (Å²) in [7, 11) is 0. The van der Waals surface area contributed by atoms with Crippen LogP contribution in [0.25, 0.3) is 5.57 Å². The number of H-pyrrole nitrogens is 1. The van der Waals surface area contributed by atoms with Crippen molar-refractivity contribution in [3.63, 3.8) is 0 Å². The summed E-state index contributed by atoms with van der Waals surface area (Å²) >= 11 is 0. The molecule has 0 fully saturated rings. The van der Waals surface area contributed by atoms with Gasteiger partial charge in [0, 0.05) is 16.9 Å². The van der Waals surface area contributed by atoms with E-state index in [2.05, 4.69) is 37.3 Å². The number of halogens is 6. The molecule has 3 amide bonds. The summed E-state index contributed by atoms with van der Waals surface area (Å²) in [4.78, 5) is 27.2. The van der Waals surface area contributed by atoms with Crippen LogP contribution in [0.3, 0.4) is 0 Å². The van der Waals surface area contributed by atoms with Gasteiger partial charge in [0.05, 0.1) is 17.7 Å². The Morgan fingerprint density at radius 3 is 2.16 bits per heavy atom. The van der Waals surface area contributed by atoms with E-state index in [1.54, 1.807) is 24.3 Å². The number of allylic oxidation sites excluding steroid dienone is 2. The summed E-state index contributed by atoms with van der Waals surface area (Å²) in [6.07, 6.45) is -4.38. The Labute approximate surface area is 252 Å². The van der Waals surface area contributed by atoms with Crippen molar-refractivity contribution < 1.29 is 35.9 Å².